The van der Waals surface area contributed by atoms with Gasteiger partial charge in [0.2, 0.25) is 10.0 Å². The molecule has 1 saturated heterocycles. The van der Waals surface area contributed by atoms with Gasteiger partial charge in [-0.1, -0.05) is 18.2 Å². The molecule has 0 unspecified atom stereocenters. The van der Waals surface area contributed by atoms with Gasteiger partial charge in [-0.25, -0.2) is 8.42 Å². The van der Waals surface area contributed by atoms with E-state index in [2.05, 4.69) is 10.2 Å². The molecule has 0 aliphatic carbocycles. The fourth-order valence-electron chi connectivity index (χ4n) is 3.16. The van der Waals surface area contributed by atoms with E-state index in [1.807, 2.05) is 39.1 Å². The smallest absolute Gasteiger partial charge is 0.258 e. The van der Waals surface area contributed by atoms with E-state index in [1.54, 1.807) is 24.3 Å². The monoisotopic (exact) mass is 431 g/mol. The summed E-state index contributed by atoms with van der Waals surface area (Å²) in [5.74, 6) is 0.425. The molecule has 1 amide bonds. The zero-order valence-corrected chi connectivity index (χ0v) is 18.5. The molecular weight excluding hydrogens is 402 g/mol. The molecule has 2 aromatic rings. The predicted octanol–water partition coefficient (Wildman–Crippen LogP) is 1.93. The first-order valence-corrected chi connectivity index (χ1v) is 11.4. The van der Waals surface area contributed by atoms with E-state index in [4.69, 9.17) is 4.74 Å². The first-order chi connectivity index (χ1) is 14.3. The first-order valence-electron chi connectivity index (χ1n) is 10.00. The predicted molar refractivity (Wildman–Crippen MR) is 116 cm³/mol. The van der Waals surface area contributed by atoms with Crippen LogP contribution in [0.1, 0.15) is 16.7 Å². The van der Waals surface area contributed by atoms with Crippen LogP contribution in [0.3, 0.4) is 0 Å². The lowest BCUT2D eigenvalue weighted by Crippen LogP contribution is -2.47. The number of ether oxygens (including phenoxy) is 1. The molecule has 0 aromatic heterocycles. The number of aryl methyl sites for hydroxylation is 2. The van der Waals surface area contributed by atoms with Crippen molar-refractivity contribution in [3.63, 3.8) is 0 Å². The molecule has 1 heterocycles. The zero-order chi connectivity index (χ0) is 21.7. The van der Waals surface area contributed by atoms with Gasteiger partial charge < -0.3 is 15.0 Å². The fraction of sp³-hybridized carbons (Fsp3) is 0.409. The van der Waals surface area contributed by atoms with Gasteiger partial charge in [-0.15, -0.1) is 0 Å². The summed E-state index contributed by atoms with van der Waals surface area (Å²) in [5, 5.41) is 2.79. The summed E-state index contributed by atoms with van der Waals surface area (Å²) in [7, 11) is -1.49. The highest BCUT2D eigenvalue weighted by atomic mass is 32.2. The highest BCUT2D eigenvalue weighted by Crippen LogP contribution is 2.18. The Hall–Kier alpha value is -2.42. The second-order valence-electron chi connectivity index (χ2n) is 7.66. The average molecular weight is 432 g/mol. The van der Waals surface area contributed by atoms with Crippen LogP contribution >= 0.6 is 0 Å². The molecule has 0 atom stereocenters. The summed E-state index contributed by atoms with van der Waals surface area (Å²) >= 11 is 0. The van der Waals surface area contributed by atoms with Gasteiger partial charge in [-0.05, 0) is 61.9 Å². The topological polar surface area (TPSA) is 78.9 Å². The lowest BCUT2D eigenvalue weighted by atomic mass is 10.1. The van der Waals surface area contributed by atoms with Crippen LogP contribution < -0.4 is 10.1 Å². The molecule has 1 N–H and O–H groups in total. The van der Waals surface area contributed by atoms with Gasteiger partial charge in [0.15, 0.2) is 6.61 Å². The van der Waals surface area contributed by atoms with Gasteiger partial charge in [-0.2, -0.15) is 4.31 Å². The van der Waals surface area contributed by atoms with E-state index in [0.29, 0.717) is 25.4 Å². The third kappa shape index (κ3) is 5.59. The van der Waals surface area contributed by atoms with E-state index in [-0.39, 0.29) is 17.4 Å². The van der Waals surface area contributed by atoms with Crippen molar-refractivity contribution in [1.29, 1.82) is 0 Å². The number of rotatable bonds is 7. The maximum absolute atomic E-state index is 12.8. The Labute approximate surface area is 178 Å². The van der Waals surface area contributed by atoms with Crippen LogP contribution in [0, 0.1) is 13.8 Å². The van der Waals surface area contributed by atoms with Crippen molar-refractivity contribution in [2.24, 2.45) is 0 Å². The second-order valence-corrected chi connectivity index (χ2v) is 9.60. The summed E-state index contributed by atoms with van der Waals surface area (Å²) < 4.78 is 32.6. The number of nitrogens with zero attached hydrogens (tertiary/aromatic N) is 2. The van der Waals surface area contributed by atoms with E-state index in [0.717, 1.165) is 24.2 Å². The molecule has 0 saturated carbocycles. The number of carbonyl (C=O) groups excluding carboxylic acids is 1. The van der Waals surface area contributed by atoms with E-state index >= 15 is 0 Å². The van der Waals surface area contributed by atoms with Crippen molar-refractivity contribution in [2.45, 2.75) is 25.3 Å². The molecule has 2 aromatic carbocycles. The maximum Gasteiger partial charge on any atom is 0.258 e. The van der Waals surface area contributed by atoms with Gasteiger partial charge in [-0.3, -0.25) is 4.79 Å². The number of likely N-dealkylation sites (N-methyl/N-ethyl adjacent to an activating group) is 1. The molecule has 0 bridgehead atoms. The van der Waals surface area contributed by atoms with Crippen LogP contribution in [0.2, 0.25) is 0 Å². The van der Waals surface area contributed by atoms with Crippen molar-refractivity contribution in [1.82, 2.24) is 14.5 Å². The average Bonchev–Trinajstić information content (AvgIpc) is 2.73. The van der Waals surface area contributed by atoms with Crippen molar-refractivity contribution in [3.05, 3.63) is 59.2 Å². The Kier molecular flexibility index (Phi) is 7.12. The van der Waals surface area contributed by atoms with Crippen molar-refractivity contribution >= 4 is 15.9 Å². The van der Waals surface area contributed by atoms with Gasteiger partial charge >= 0.3 is 0 Å². The molecule has 3 rings (SSSR count). The van der Waals surface area contributed by atoms with Crippen molar-refractivity contribution < 1.29 is 17.9 Å². The Bertz CT molecular complexity index is 982. The van der Waals surface area contributed by atoms with Crippen molar-refractivity contribution in [3.8, 4) is 5.75 Å². The molecule has 0 spiro atoms. The number of nitrogens with one attached hydrogen (secondary N) is 1. The molecular formula is C22H29N3O4S. The fourth-order valence-corrected chi connectivity index (χ4v) is 4.58. The van der Waals surface area contributed by atoms with E-state index < -0.39 is 10.0 Å². The second kappa shape index (κ2) is 9.59. The van der Waals surface area contributed by atoms with Crippen LogP contribution in [0.4, 0.5) is 0 Å². The number of sulfonamides is 1. The lowest BCUT2D eigenvalue weighted by molar-refractivity contribution is -0.123. The maximum atomic E-state index is 12.8. The molecule has 7 nitrogen and oxygen atoms in total. The summed E-state index contributed by atoms with van der Waals surface area (Å²) in [4.78, 5) is 14.4. The van der Waals surface area contributed by atoms with Crippen molar-refractivity contribution in [2.75, 3.05) is 39.8 Å². The summed E-state index contributed by atoms with van der Waals surface area (Å²) in [6.07, 6.45) is 0. The van der Waals surface area contributed by atoms with Gasteiger partial charge in [0.05, 0.1) is 4.90 Å². The molecule has 1 aliphatic rings. The SMILES string of the molecule is Cc1ccc(OCC(=O)NCc2ccc(S(=O)(=O)N3CCN(C)CC3)cc2)cc1C. The number of piperazine rings is 1. The summed E-state index contributed by atoms with van der Waals surface area (Å²) in [6.45, 7) is 6.71. The van der Waals surface area contributed by atoms with E-state index in [9.17, 15) is 13.2 Å². The Balaban J connectivity index is 1.50. The number of benzene rings is 2. The molecule has 162 valence electrons. The molecule has 0 radical (unpaired) electrons. The van der Waals surface area contributed by atoms with Gasteiger partial charge in [0.25, 0.3) is 5.91 Å². The quantitative estimate of drug-likeness (QED) is 0.725. The molecule has 30 heavy (non-hydrogen) atoms. The van der Waals surface area contributed by atoms with Crippen LogP contribution in [0.5, 0.6) is 5.75 Å². The van der Waals surface area contributed by atoms with Gasteiger partial charge in [0, 0.05) is 32.7 Å². The summed E-state index contributed by atoms with van der Waals surface area (Å²) in [5.41, 5.74) is 3.11. The summed E-state index contributed by atoms with van der Waals surface area (Å²) in [6, 6.07) is 12.4. The lowest BCUT2D eigenvalue weighted by Gasteiger charge is -2.31. The number of hydrogen-bond donors (Lipinski definition) is 1. The minimum Gasteiger partial charge on any atom is -0.484 e. The first kappa shape index (κ1) is 22.3. The standard InChI is InChI=1S/C22H29N3O4S/c1-17-4-7-20(14-18(17)2)29-16-22(26)23-15-19-5-8-21(9-6-19)30(27,28)25-12-10-24(3)11-13-25/h4-9,14H,10-13,15-16H2,1-3H3,(H,23,26). The highest BCUT2D eigenvalue weighted by Gasteiger charge is 2.27. The molecule has 1 aliphatic heterocycles. The molecule has 8 heteroatoms. The zero-order valence-electron chi connectivity index (χ0n) is 17.7. The van der Waals surface area contributed by atoms with Crippen LogP contribution in [-0.2, 0) is 21.4 Å². The Morgan fingerprint density at radius 3 is 2.30 bits per heavy atom. The molecule has 1 fully saturated rings. The minimum absolute atomic E-state index is 0.0711. The third-order valence-corrected chi connectivity index (χ3v) is 7.27. The van der Waals surface area contributed by atoms with Crippen LogP contribution in [0.25, 0.3) is 0 Å². The van der Waals surface area contributed by atoms with E-state index in [1.165, 1.54) is 9.87 Å². The number of carbonyl (C=O) groups is 1. The van der Waals surface area contributed by atoms with Gasteiger partial charge in [0.1, 0.15) is 5.75 Å². The third-order valence-electron chi connectivity index (χ3n) is 5.36. The normalized spacial score (nSPS) is 15.7. The van der Waals surface area contributed by atoms with Crippen LogP contribution in [-0.4, -0.2) is 63.4 Å². The van der Waals surface area contributed by atoms with Crippen LogP contribution in [0.15, 0.2) is 47.4 Å². The minimum atomic E-state index is -3.48. The Morgan fingerprint density at radius 2 is 1.67 bits per heavy atom. The highest BCUT2D eigenvalue weighted by molar-refractivity contribution is 7.89. The number of amides is 1. The Morgan fingerprint density at radius 1 is 1.00 bits per heavy atom. The largest absolute Gasteiger partial charge is 0.484 e. The number of hydrogen-bond acceptors (Lipinski definition) is 5.